The summed E-state index contributed by atoms with van der Waals surface area (Å²) in [7, 11) is 0. The third-order valence-electron chi connectivity index (χ3n) is 6.20. The highest BCUT2D eigenvalue weighted by molar-refractivity contribution is 7.80. The molecular formula is C28H29N3O3S. The number of carbonyl (C=O) groups is 2. The van der Waals surface area contributed by atoms with E-state index in [1.807, 2.05) is 26.8 Å². The Bertz CT molecular complexity index is 1350. The number of hydrogen-bond acceptors (Lipinski definition) is 4. The van der Waals surface area contributed by atoms with E-state index < -0.39 is 11.8 Å². The highest BCUT2D eigenvalue weighted by Crippen LogP contribution is 2.29. The molecular weight excluding hydrogens is 458 g/mol. The van der Waals surface area contributed by atoms with Gasteiger partial charge in [0.1, 0.15) is 11.3 Å². The molecule has 4 rings (SSSR count). The zero-order chi connectivity index (χ0) is 25.3. The first-order valence-electron chi connectivity index (χ1n) is 11.7. The fraction of sp³-hybridized carbons (Fsp3) is 0.250. The molecule has 1 aromatic heterocycles. The van der Waals surface area contributed by atoms with Crippen molar-refractivity contribution in [3.8, 4) is 11.4 Å². The highest BCUT2D eigenvalue weighted by atomic mass is 32.1. The largest absolute Gasteiger partial charge is 0.494 e. The minimum Gasteiger partial charge on any atom is -0.494 e. The maximum atomic E-state index is 13.5. The lowest BCUT2D eigenvalue weighted by Crippen LogP contribution is -2.54. The number of carbonyl (C=O) groups excluding carboxylic acids is 2. The Morgan fingerprint density at radius 2 is 1.74 bits per heavy atom. The molecule has 1 N–H and O–H groups in total. The quantitative estimate of drug-likeness (QED) is 0.295. The first kappa shape index (κ1) is 24.4. The van der Waals surface area contributed by atoms with Gasteiger partial charge in [0.2, 0.25) is 0 Å². The van der Waals surface area contributed by atoms with Crippen LogP contribution in [-0.2, 0) is 16.0 Å². The summed E-state index contributed by atoms with van der Waals surface area (Å²) in [5.74, 6) is -0.267. The van der Waals surface area contributed by atoms with E-state index in [1.54, 1.807) is 30.3 Å². The Hall–Kier alpha value is -3.71. The second-order valence-electron chi connectivity index (χ2n) is 8.48. The lowest BCUT2D eigenvalue weighted by molar-refractivity contribution is -0.122. The van der Waals surface area contributed by atoms with Gasteiger partial charge in [-0.1, -0.05) is 25.1 Å². The van der Waals surface area contributed by atoms with Gasteiger partial charge in [0.05, 0.1) is 18.0 Å². The van der Waals surface area contributed by atoms with Gasteiger partial charge in [-0.15, -0.1) is 0 Å². The van der Waals surface area contributed by atoms with E-state index in [9.17, 15) is 9.59 Å². The normalized spacial score (nSPS) is 15.1. The number of benzene rings is 2. The van der Waals surface area contributed by atoms with Gasteiger partial charge in [0, 0.05) is 11.4 Å². The average Bonchev–Trinajstić information content (AvgIpc) is 3.10. The Morgan fingerprint density at radius 1 is 1.03 bits per heavy atom. The number of aryl methyl sites for hydroxylation is 3. The summed E-state index contributed by atoms with van der Waals surface area (Å²) in [6.45, 7) is 10.7. The number of amides is 2. The molecule has 7 heteroatoms. The first-order chi connectivity index (χ1) is 16.8. The molecule has 180 valence electrons. The first-order valence-corrected chi connectivity index (χ1v) is 12.1. The number of hydrogen-bond donors (Lipinski definition) is 1. The second kappa shape index (κ2) is 9.88. The van der Waals surface area contributed by atoms with Gasteiger partial charge in [0.15, 0.2) is 5.11 Å². The molecule has 6 nitrogen and oxygen atoms in total. The number of anilines is 1. The Balaban J connectivity index is 1.75. The topological polar surface area (TPSA) is 63.6 Å². The van der Waals surface area contributed by atoms with E-state index in [0.29, 0.717) is 18.0 Å². The maximum absolute atomic E-state index is 13.5. The van der Waals surface area contributed by atoms with Gasteiger partial charge in [-0.25, -0.2) is 0 Å². The molecule has 2 amide bonds. The molecule has 2 heterocycles. The number of thiocarbonyl (C=S) groups is 1. The molecule has 2 aromatic carbocycles. The molecule has 0 saturated carbocycles. The zero-order valence-corrected chi connectivity index (χ0v) is 21.5. The van der Waals surface area contributed by atoms with Crippen LogP contribution in [0.25, 0.3) is 11.8 Å². The molecule has 1 aliphatic heterocycles. The fourth-order valence-electron chi connectivity index (χ4n) is 4.51. The van der Waals surface area contributed by atoms with E-state index in [4.69, 9.17) is 17.0 Å². The van der Waals surface area contributed by atoms with Gasteiger partial charge >= 0.3 is 0 Å². The zero-order valence-electron chi connectivity index (χ0n) is 20.6. The van der Waals surface area contributed by atoms with Crippen LogP contribution < -0.4 is 15.0 Å². The van der Waals surface area contributed by atoms with E-state index in [0.717, 1.165) is 29.1 Å². The van der Waals surface area contributed by atoms with Crippen molar-refractivity contribution in [2.75, 3.05) is 11.5 Å². The van der Waals surface area contributed by atoms with Crippen LogP contribution in [0.2, 0.25) is 0 Å². The summed E-state index contributed by atoms with van der Waals surface area (Å²) < 4.78 is 7.68. The maximum Gasteiger partial charge on any atom is 0.270 e. The number of ether oxygens (including phenoxy) is 1. The van der Waals surface area contributed by atoms with E-state index in [-0.39, 0.29) is 10.7 Å². The smallest absolute Gasteiger partial charge is 0.270 e. The molecule has 0 bridgehead atoms. The van der Waals surface area contributed by atoms with Gasteiger partial charge < -0.3 is 9.30 Å². The minimum atomic E-state index is -0.503. The molecule has 0 unspecified atom stereocenters. The summed E-state index contributed by atoms with van der Waals surface area (Å²) in [6, 6.07) is 15.3. The molecule has 0 atom stereocenters. The summed E-state index contributed by atoms with van der Waals surface area (Å²) in [5, 5.41) is 2.71. The molecule has 0 spiro atoms. The number of rotatable bonds is 6. The molecule has 1 fully saturated rings. The summed E-state index contributed by atoms with van der Waals surface area (Å²) in [6.07, 6.45) is 2.56. The second-order valence-corrected chi connectivity index (χ2v) is 8.87. The average molecular weight is 488 g/mol. The van der Waals surface area contributed by atoms with Crippen LogP contribution in [0.3, 0.4) is 0 Å². The number of para-hydroxylation sites is 1. The van der Waals surface area contributed by atoms with Crippen molar-refractivity contribution < 1.29 is 14.3 Å². The molecule has 0 radical (unpaired) electrons. The van der Waals surface area contributed by atoms with Crippen LogP contribution in [0.15, 0.2) is 54.1 Å². The Labute approximate surface area is 211 Å². The van der Waals surface area contributed by atoms with E-state index in [2.05, 4.69) is 41.9 Å². The predicted octanol–water partition coefficient (Wildman–Crippen LogP) is 5.19. The van der Waals surface area contributed by atoms with Crippen molar-refractivity contribution >= 4 is 40.9 Å². The number of nitrogens with zero attached hydrogens (tertiary/aromatic N) is 2. The molecule has 3 aromatic rings. The van der Waals surface area contributed by atoms with Crippen LogP contribution in [0.4, 0.5) is 5.69 Å². The standard InChI is InChI=1S/C28H29N3O3S/c1-6-20-10-8-9-17(3)25(20)30-18(4)15-21(19(30)5)16-24-26(32)29-28(35)31(27(24)33)22-11-13-23(14-12-22)34-7-2/h8-16H,6-7H2,1-5H3,(H,29,32,35)/b24-16+. The van der Waals surface area contributed by atoms with E-state index >= 15 is 0 Å². The highest BCUT2D eigenvalue weighted by Gasteiger charge is 2.34. The van der Waals surface area contributed by atoms with Crippen LogP contribution in [-0.4, -0.2) is 28.1 Å². The van der Waals surface area contributed by atoms with Crippen molar-refractivity contribution in [1.29, 1.82) is 0 Å². The van der Waals surface area contributed by atoms with Gasteiger partial charge in [-0.05, 0) is 99.4 Å². The Morgan fingerprint density at radius 3 is 2.40 bits per heavy atom. The van der Waals surface area contributed by atoms with Crippen LogP contribution in [0.1, 0.15) is 41.9 Å². The molecule has 35 heavy (non-hydrogen) atoms. The molecule has 1 aliphatic rings. The van der Waals surface area contributed by atoms with Gasteiger partial charge in [-0.2, -0.15) is 0 Å². The van der Waals surface area contributed by atoms with Crippen LogP contribution in [0, 0.1) is 20.8 Å². The SMILES string of the molecule is CCOc1ccc(N2C(=O)/C(=C/c3cc(C)n(-c4c(C)cccc4CC)c3C)C(=O)NC2=S)cc1. The Kier molecular flexibility index (Phi) is 6.89. The number of nitrogens with one attached hydrogen (secondary N) is 1. The summed E-state index contributed by atoms with van der Waals surface area (Å²) in [5.41, 5.74) is 6.95. The third-order valence-corrected chi connectivity index (χ3v) is 6.49. The monoisotopic (exact) mass is 487 g/mol. The summed E-state index contributed by atoms with van der Waals surface area (Å²) >= 11 is 5.33. The van der Waals surface area contributed by atoms with Gasteiger partial charge in [0.25, 0.3) is 11.8 Å². The number of aromatic nitrogens is 1. The lowest BCUT2D eigenvalue weighted by atomic mass is 10.0. The van der Waals surface area contributed by atoms with Crippen molar-refractivity contribution in [3.05, 3.63) is 82.2 Å². The lowest BCUT2D eigenvalue weighted by Gasteiger charge is -2.29. The van der Waals surface area contributed by atoms with Crippen molar-refractivity contribution in [1.82, 2.24) is 9.88 Å². The minimum absolute atomic E-state index is 0.0354. The van der Waals surface area contributed by atoms with E-state index in [1.165, 1.54) is 16.0 Å². The molecule has 0 aliphatic carbocycles. The van der Waals surface area contributed by atoms with Gasteiger partial charge in [-0.3, -0.25) is 19.8 Å². The fourth-order valence-corrected chi connectivity index (χ4v) is 4.79. The van der Waals surface area contributed by atoms with Crippen molar-refractivity contribution in [2.24, 2.45) is 0 Å². The molecule has 1 saturated heterocycles. The van der Waals surface area contributed by atoms with Crippen molar-refractivity contribution in [2.45, 2.75) is 41.0 Å². The van der Waals surface area contributed by atoms with Crippen LogP contribution >= 0.6 is 12.2 Å². The predicted molar refractivity (Wildman–Crippen MR) is 143 cm³/mol. The van der Waals surface area contributed by atoms with Crippen LogP contribution in [0.5, 0.6) is 5.75 Å². The summed E-state index contributed by atoms with van der Waals surface area (Å²) in [4.78, 5) is 27.6. The third kappa shape index (κ3) is 4.51. The van der Waals surface area contributed by atoms with Crippen molar-refractivity contribution in [3.63, 3.8) is 0 Å².